The van der Waals surface area contributed by atoms with Crippen LogP contribution in [-0.2, 0) is 6.54 Å². The molecule has 0 spiro atoms. The summed E-state index contributed by atoms with van der Waals surface area (Å²) in [6.45, 7) is 2.18. The number of benzene rings is 3. The van der Waals surface area contributed by atoms with Gasteiger partial charge in [-0.3, -0.25) is 0 Å². The summed E-state index contributed by atoms with van der Waals surface area (Å²) in [7, 11) is 0. The van der Waals surface area contributed by atoms with Crippen LogP contribution in [0, 0.1) is 0 Å². The van der Waals surface area contributed by atoms with Gasteiger partial charge >= 0.3 is 0 Å². The lowest BCUT2D eigenvalue weighted by atomic mass is 9.88. The summed E-state index contributed by atoms with van der Waals surface area (Å²) in [6.07, 6.45) is 1.15. The number of rotatable bonds is 7. The first kappa shape index (κ1) is 15.5. The van der Waals surface area contributed by atoms with E-state index in [1.807, 2.05) is 0 Å². The normalized spacial score (nSPS) is 10.8. The largest absolute Gasteiger partial charge is 0.342 e. The summed E-state index contributed by atoms with van der Waals surface area (Å²) in [5, 5.41) is 2.41. The van der Waals surface area contributed by atoms with Crippen molar-refractivity contribution >= 4 is 0 Å². The highest BCUT2D eigenvalue weighted by molar-refractivity contribution is 5.32. The Bertz CT molecular complexity index is 637. The number of hydrogen-bond donors (Lipinski definition) is 1. The molecule has 0 fully saturated rings. The molecule has 3 rings (SSSR count). The molecule has 0 saturated carbocycles. The summed E-state index contributed by atoms with van der Waals surface area (Å²) in [4.78, 5) is 0. The molecule has 0 radical (unpaired) electrons. The predicted molar refractivity (Wildman–Crippen MR) is 96.3 cm³/mol. The molecule has 0 amide bonds. The molecule has 0 bridgehead atoms. The van der Waals surface area contributed by atoms with Crippen molar-refractivity contribution in [2.75, 3.05) is 6.54 Å². The van der Waals surface area contributed by atoms with E-state index in [-0.39, 0.29) is 0 Å². The van der Waals surface area contributed by atoms with Gasteiger partial charge in [0, 0.05) is 17.9 Å². The lowest BCUT2D eigenvalue weighted by Gasteiger charge is -2.17. The summed E-state index contributed by atoms with van der Waals surface area (Å²) in [5.74, 6) is 0.476. The number of nitrogens with two attached hydrogens (primary N) is 1. The fourth-order valence-corrected chi connectivity index (χ4v) is 3.06. The molecule has 23 heavy (non-hydrogen) atoms. The highest BCUT2D eigenvalue weighted by atomic mass is 14.8. The molecule has 0 atom stereocenters. The molecule has 0 aromatic heterocycles. The molecule has 0 aliphatic carbocycles. The third-order valence-electron chi connectivity index (χ3n) is 4.29. The van der Waals surface area contributed by atoms with Gasteiger partial charge in [-0.2, -0.15) is 0 Å². The van der Waals surface area contributed by atoms with E-state index < -0.39 is 0 Å². The molecular formula is C22H24N+. The third kappa shape index (κ3) is 4.54. The molecule has 0 unspecified atom stereocenters. The number of quaternary nitrogens is 1. The first-order valence-corrected chi connectivity index (χ1v) is 8.39. The van der Waals surface area contributed by atoms with Crippen LogP contribution in [0.3, 0.4) is 0 Å². The molecule has 0 heterocycles. The minimum atomic E-state index is 0.476. The zero-order chi connectivity index (χ0) is 15.7. The molecule has 2 N–H and O–H groups in total. The minimum absolute atomic E-state index is 0.476. The van der Waals surface area contributed by atoms with Gasteiger partial charge in [0.2, 0.25) is 0 Å². The maximum Gasteiger partial charge on any atom is 0.101 e. The van der Waals surface area contributed by atoms with Gasteiger partial charge in [0.15, 0.2) is 0 Å². The van der Waals surface area contributed by atoms with Crippen LogP contribution in [0.5, 0.6) is 0 Å². The summed E-state index contributed by atoms with van der Waals surface area (Å²) in [5.41, 5.74) is 4.21. The van der Waals surface area contributed by atoms with E-state index >= 15 is 0 Å². The Morgan fingerprint density at radius 3 is 1.61 bits per heavy atom. The Hall–Kier alpha value is -2.38. The Balaban J connectivity index is 1.63. The smallest absolute Gasteiger partial charge is 0.101 e. The maximum absolute atomic E-state index is 2.41. The SMILES string of the molecule is c1ccc(C[NH2+]CCC(c2ccccc2)c2ccccc2)cc1. The van der Waals surface area contributed by atoms with E-state index in [1.165, 1.54) is 16.7 Å². The molecule has 116 valence electrons. The van der Waals surface area contributed by atoms with Crippen molar-refractivity contribution in [3.05, 3.63) is 108 Å². The van der Waals surface area contributed by atoms with Crippen LogP contribution in [-0.4, -0.2) is 6.54 Å². The second-order valence-electron chi connectivity index (χ2n) is 5.93. The molecule has 3 aromatic carbocycles. The second-order valence-corrected chi connectivity index (χ2v) is 5.93. The monoisotopic (exact) mass is 302 g/mol. The van der Waals surface area contributed by atoms with Gasteiger partial charge in [-0.1, -0.05) is 91.0 Å². The van der Waals surface area contributed by atoms with Crippen LogP contribution in [0.4, 0.5) is 0 Å². The first-order valence-electron chi connectivity index (χ1n) is 8.39. The molecule has 3 aromatic rings. The highest BCUT2D eigenvalue weighted by Gasteiger charge is 2.14. The van der Waals surface area contributed by atoms with Gasteiger partial charge in [0.05, 0.1) is 6.54 Å². The fraction of sp³-hybridized carbons (Fsp3) is 0.182. The molecule has 0 aliphatic rings. The van der Waals surface area contributed by atoms with Crippen LogP contribution < -0.4 is 5.32 Å². The zero-order valence-corrected chi connectivity index (χ0v) is 13.4. The molecule has 0 aliphatic heterocycles. The predicted octanol–water partition coefficient (Wildman–Crippen LogP) is 3.97. The topological polar surface area (TPSA) is 16.6 Å². The Morgan fingerprint density at radius 1 is 0.609 bits per heavy atom. The molecule has 1 nitrogen and oxygen atoms in total. The van der Waals surface area contributed by atoms with Crippen LogP contribution in [0.2, 0.25) is 0 Å². The van der Waals surface area contributed by atoms with Gasteiger partial charge in [0.1, 0.15) is 6.54 Å². The van der Waals surface area contributed by atoms with Crippen molar-refractivity contribution in [1.29, 1.82) is 0 Å². The van der Waals surface area contributed by atoms with Gasteiger partial charge in [0.25, 0.3) is 0 Å². The third-order valence-corrected chi connectivity index (χ3v) is 4.29. The van der Waals surface area contributed by atoms with Crippen molar-refractivity contribution in [3.63, 3.8) is 0 Å². The van der Waals surface area contributed by atoms with Crippen LogP contribution in [0.15, 0.2) is 91.0 Å². The highest BCUT2D eigenvalue weighted by Crippen LogP contribution is 2.26. The van der Waals surface area contributed by atoms with Crippen molar-refractivity contribution < 1.29 is 5.32 Å². The fourth-order valence-electron chi connectivity index (χ4n) is 3.06. The van der Waals surface area contributed by atoms with Gasteiger partial charge < -0.3 is 5.32 Å². The Kier molecular flexibility index (Phi) is 5.60. The Morgan fingerprint density at radius 2 is 1.09 bits per heavy atom. The van der Waals surface area contributed by atoms with Crippen LogP contribution in [0.25, 0.3) is 0 Å². The van der Waals surface area contributed by atoms with E-state index in [9.17, 15) is 0 Å². The van der Waals surface area contributed by atoms with Crippen molar-refractivity contribution in [2.24, 2.45) is 0 Å². The average Bonchev–Trinajstić information content (AvgIpc) is 2.64. The number of hydrogen-bond acceptors (Lipinski definition) is 0. The van der Waals surface area contributed by atoms with Crippen molar-refractivity contribution in [3.8, 4) is 0 Å². The van der Waals surface area contributed by atoms with E-state index in [1.54, 1.807) is 0 Å². The Labute approximate surface area is 139 Å². The summed E-state index contributed by atoms with van der Waals surface area (Å²) < 4.78 is 0. The van der Waals surface area contributed by atoms with E-state index in [2.05, 4.69) is 96.3 Å². The quantitative estimate of drug-likeness (QED) is 0.636. The summed E-state index contributed by atoms with van der Waals surface area (Å²) >= 11 is 0. The van der Waals surface area contributed by atoms with Crippen LogP contribution in [0.1, 0.15) is 29.0 Å². The summed E-state index contributed by atoms with van der Waals surface area (Å²) in [6, 6.07) is 32.4. The average molecular weight is 302 g/mol. The second kappa shape index (κ2) is 8.30. The van der Waals surface area contributed by atoms with E-state index in [0.717, 1.165) is 19.5 Å². The molecular weight excluding hydrogens is 278 g/mol. The first-order chi connectivity index (χ1) is 11.4. The van der Waals surface area contributed by atoms with Gasteiger partial charge in [-0.25, -0.2) is 0 Å². The lowest BCUT2D eigenvalue weighted by Crippen LogP contribution is -2.82. The van der Waals surface area contributed by atoms with Crippen LogP contribution >= 0.6 is 0 Å². The van der Waals surface area contributed by atoms with Gasteiger partial charge in [-0.05, 0) is 11.1 Å². The lowest BCUT2D eigenvalue weighted by molar-refractivity contribution is -0.671. The van der Waals surface area contributed by atoms with Crippen molar-refractivity contribution in [1.82, 2.24) is 0 Å². The standard InChI is InChI=1S/C22H23N/c1-4-10-19(11-5-1)18-23-17-16-22(20-12-6-2-7-13-20)21-14-8-3-9-15-21/h1-15,22-23H,16-18H2/p+1. The minimum Gasteiger partial charge on any atom is -0.342 e. The maximum atomic E-state index is 2.41. The van der Waals surface area contributed by atoms with E-state index in [0.29, 0.717) is 5.92 Å². The zero-order valence-electron chi connectivity index (χ0n) is 13.4. The molecule has 1 heteroatoms. The van der Waals surface area contributed by atoms with Crippen molar-refractivity contribution in [2.45, 2.75) is 18.9 Å². The van der Waals surface area contributed by atoms with E-state index in [4.69, 9.17) is 0 Å². The molecule has 0 saturated heterocycles. The van der Waals surface area contributed by atoms with Gasteiger partial charge in [-0.15, -0.1) is 0 Å².